The summed E-state index contributed by atoms with van der Waals surface area (Å²) in [5.41, 5.74) is 0. The highest BCUT2D eigenvalue weighted by atomic mass is 32.2. The van der Waals surface area contributed by atoms with Gasteiger partial charge in [-0.1, -0.05) is 0 Å². The van der Waals surface area contributed by atoms with Crippen molar-refractivity contribution < 1.29 is 12.8 Å². The third kappa shape index (κ3) is 2.97. The van der Waals surface area contributed by atoms with Crippen molar-refractivity contribution >= 4 is 10.0 Å². The minimum atomic E-state index is -3.64. The van der Waals surface area contributed by atoms with Crippen molar-refractivity contribution in [2.24, 2.45) is 0 Å². The topological polar surface area (TPSA) is 100 Å². The fraction of sp³-hybridized carbons (Fsp3) is 0.300. The maximum atomic E-state index is 11.9. The normalized spacial score (nSPS) is 11.8. The van der Waals surface area contributed by atoms with Crippen molar-refractivity contribution in [2.75, 3.05) is 7.05 Å². The molecule has 0 spiro atoms. The van der Waals surface area contributed by atoms with Crippen LogP contribution < -0.4 is 10.0 Å². The second-order valence-corrected chi connectivity index (χ2v) is 5.31. The van der Waals surface area contributed by atoms with Gasteiger partial charge >= 0.3 is 0 Å². The molecular formula is C10H14N4O3S. The summed E-state index contributed by atoms with van der Waals surface area (Å²) in [5, 5.41) is 2.78. The summed E-state index contributed by atoms with van der Waals surface area (Å²) < 4.78 is 31.4. The molecule has 0 amide bonds. The van der Waals surface area contributed by atoms with Gasteiger partial charge in [0.1, 0.15) is 11.6 Å². The predicted molar refractivity (Wildman–Crippen MR) is 64.1 cm³/mol. The Kier molecular flexibility index (Phi) is 3.80. The Morgan fingerprint density at radius 1 is 1.39 bits per heavy atom. The van der Waals surface area contributed by atoms with Crippen LogP contribution in [0, 0.1) is 0 Å². The molecule has 2 rings (SSSR count). The van der Waals surface area contributed by atoms with Crippen molar-refractivity contribution in [1.82, 2.24) is 20.0 Å². The highest BCUT2D eigenvalue weighted by molar-refractivity contribution is 7.89. The van der Waals surface area contributed by atoms with Crippen LogP contribution in [0.1, 0.15) is 11.6 Å². The summed E-state index contributed by atoms with van der Waals surface area (Å²) in [6.45, 7) is 0.575. The molecule has 0 aliphatic rings. The molecule has 8 heteroatoms. The van der Waals surface area contributed by atoms with E-state index in [2.05, 4.69) is 20.0 Å². The van der Waals surface area contributed by atoms with Crippen LogP contribution in [-0.4, -0.2) is 25.4 Å². The molecule has 0 unspecified atom stereocenters. The molecule has 3 N–H and O–H groups in total. The van der Waals surface area contributed by atoms with E-state index in [-0.39, 0.29) is 11.6 Å². The molecule has 0 saturated heterocycles. The van der Waals surface area contributed by atoms with E-state index in [0.29, 0.717) is 18.1 Å². The zero-order valence-electron chi connectivity index (χ0n) is 9.80. The average Bonchev–Trinajstić information content (AvgIpc) is 2.98. The van der Waals surface area contributed by atoms with E-state index in [1.54, 1.807) is 25.5 Å². The molecule has 2 aromatic rings. The van der Waals surface area contributed by atoms with E-state index >= 15 is 0 Å². The molecule has 2 heterocycles. The van der Waals surface area contributed by atoms with Crippen LogP contribution in [0.15, 0.2) is 34.0 Å². The molecule has 7 nitrogen and oxygen atoms in total. The van der Waals surface area contributed by atoms with Gasteiger partial charge in [-0.3, -0.25) is 0 Å². The Labute approximate surface area is 105 Å². The molecule has 2 aromatic heterocycles. The number of sulfonamides is 1. The van der Waals surface area contributed by atoms with Gasteiger partial charge in [0, 0.05) is 12.4 Å². The van der Waals surface area contributed by atoms with E-state index in [0.717, 1.165) is 0 Å². The lowest BCUT2D eigenvalue weighted by atomic mass is 10.4. The molecule has 18 heavy (non-hydrogen) atoms. The molecule has 0 aliphatic heterocycles. The highest BCUT2D eigenvalue weighted by Crippen LogP contribution is 2.13. The summed E-state index contributed by atoms with van der Waals surface area (Å²) in [6.07, 6.45) is 3.18. The summed E-state index contributed by atoms with van der Waals surface area (Å²) >= 11 is 0. The third-order valence-corrected chi connectivity index (χ3v) is 3.51. The van der Waals surface area contributed by atoms with Crippen LogP contribution in [0.4, 0.5) is 0 Å². The molecule has 0 bridgehead atoms. The monoisotopic (exact) mass is 270 g/mol. The van der Waals surface area contributed by atoms with Gasteiger partial charge in [-0.05, 0) is 19.2 Å². The molecule has 0 radical (unpaired) electrons. The van der Waals surface area contributed by atoms with Crippen LogP contribution in [0.2, 0.25) is 0 Å². The Morgan fingerprint density at radius 3 is 2.89 bits per heavy atom. The van der Waals surface area contributed by atoms with E-state index in [9.17, 15) is 8.42 Å². The first-order chi connectivity index (χ1) is 8.62. The Morgan fingerprint density at radius 2 is 2.22 bits per heavy atom. The molecular weight excluding hydrogens is 256 g/mol. The van der Waals surface area contributed by atoms with Gasteiger partial charge in [-0.25, -0.2) is 18.1 Å². The number of H-pyrrole nitrogens is 1. The number of aromatic amines is 1. The van der Waals surface area contributed by atoms with Crippen LogP contribution in [-0.2, 0) is 23.1 Å². The minimum absolute atomic E-state index is 0.0946. The second kappa shape index (κ2) is 5.34. The molecule has 98 valence electrons. The lowest BCUT2D eigenvalue weighted by Crippen LogP contribution is -2.23. The summed E-state index contributed by atoms with van der Waals surface area (Å²) in [5.74, 6) is 1.11. The van der Waals surface area contributed by atoms with Gasteiger partial charge < -0.3 is 14.7 Å². The molecule has 0 aromatic carbocycles. The van der Waals surface area contributed by atoms with Gasteiger partial charge in [0.25, 0.3) is 10.0 Å². The van der Waals surface area contributed by atoms with Crippen molar-refractivity contribution in [3.05, 3.63) is 36.1 Å². The van der Waals surface area contributed by atoms with Crippen LogP contribution >= 0.6 is 0 Å². The number of imidazole rings is 1. The molecule has 0 fully saturated rings. The largest absolute Gasteiger partial charge is 0.447 e. The van der Waals surface area contributed by atoms with Crippen LogP contribution in [0.25, 0.3) is 0 Å². The van der Waals surface area contributed by atoms with Gasteiger partial charge in [-0.2, -0.15) is 0 Å². The fourth-order valence-electron chi connectivity index (χ4n) is 1.40. The predicted octanol–water partition coefficient (Wildman–Crippen LogP) is 0.201. The van der Waals surface area contributed by atoms with Gasteiger partial charge in [0.2, 0.25) is 5.09 Å². The van der Waals surface area contributed by atoms with Crippen molar-refractivity contribution in [3.63, 3.8) is 0 Å². The first kappa shape index (κ1) is 12.8. The third-order valence-electron chi connectivity index (χ3n) is 2.24. The Hall–Kier alpha value is -1.64. The summed E-state index contributed by atoms with van der Waals surface area (Å²) in [4.78, 5) is 6.73. The smallest absolute Gasteiger partial charge is 0.274 e. The van der Waals surface area contributed by atoms with Crippen molar-refractivity contribution in [1.29, 1.82) is 0 Å². The molecule has 0 aliphatic carbocycles. The summed E-state index contributed by atoms with van der Waals surface area (Å²) in [7, 11) is -1.88. The van der Waals surface area contributed by atoms with E-state index in [1.807, 2.05) is 0 Å². The number of furan rings is 1. The number of hydrogen-bond donors (Lipinski definition) is 3. The second-order valence-electron chi connectivity index (χ2n) is 3.61. The lowest BCUT2D eigenvalue weighted by molar-refractivity contribution is 0.404. The number of rotatable bonds is 6. The maximum Gasteiger partial charge on any atom is 0.274 e. The average molecular weight is 270 g/mol. The van der Waals surface area contributed by atoms with Crippen molar-refractivity contribution in [3.8, 4) is 0 Å². The molecule has 0 atom stereocenters. The zero-order valence-corrected chi connectivity index (χ0v) is 10.6. The van der Waals surface area contributed by atoms with Crippen LogP contribution in [0.3, 0.4) is 0 Å². The number of hydrogen-bond acceptors (Lipinski definition) is 5. The number of nitrogens with zero attached hydrogens (tertiary/aromatic N) is 1. The maximum absolute atomic E-state index is 11.9. The lowest BCUT2D eigenvalue weighted by Gasteiger charge is -2.02. The SMILES string of the molecule is CNCc1ccc(S(=O)(=O)NCc2ncc[nH]2)o1. The first-order valence-corrected chi connectivity index (χ1v) is 6.81. The van der Waals surface area contributed by atoms with E-state index in [4.69, 9.17) is 4.42 Å². The molecule has 0 saturated carbocycles. The summed E-state index contributed by atoms with van der Waals surface area (Å²) in [6, 6.07) is 3.05. The zero-order chi connectivity index (χ0) is 13.0. The first-order valence-electron chi connectivity index (χ1n) is 5.33. The fourth-order valence-corrected chi connectivity index (χ4v) is 2.33. The highest BCUT2D eigenvalue weighted by Gasteiger charge is 2.18. The minimum Gasteiger partial charge on any atom is -0.447 e. The van der Waals surface area contributed by atoms with E-state index < -0.39 is 10.0 Å². The standard InChI is InChI=1S/C10H14N4O3S/c1-11-6-8-2-3-10(17-8)18(15,16)14-7-9-12-4-5-13-9/h2-5,11,14H,6-7H2,1H3,(H,12,13). The van der Waals surface area contributed by atoms with Gasteiger partial charge in [0.05, 0.1) is 13.1 Å². The Balaban J connectivity index is 2.05. The van der Waals surface area contributed by atoms with Gasteiger partial charge in [0.15, 0.2) is 0 Å². The van der Waals surface area contributed by atoms with Crippen LogP contribution in [0.5, 0.6) is 0 Å². The van der Waals surface area contributed by atoms with Crippen molar-refractivity contribution in [2.45, 2.75) is 18.2 Å². The van der Waals surface area contributed by atoms with E-state index in [1.165, 1.54) is 6.07 Å². The Bertz CT molecular complexity index is 588. The quantitative estimate of drug-likeness (QED) is 0.696. The number of nitrogens with one attached hydrogen (secondary N) is 3. The number of aromatic nitrogens is 2. The van der Waals surface area contributed by atoms with Gasteiger partial charge in [-0.15, -0.1) is 0 Å².